The first kappa shape index (κ1) is 16.0. The lowest BCUT2D eigenvalue weighted by Crippen LogP contribution is -2.23. The largest absolute Gasteiger partial charge is 0.462 e. The van der Waals surface area contributed by atoms with E-state index in [0.29, 0.717) is 11.6 Å². The SMILES string of the molecule is CCOC(=O)c1ccccc1NC(=O)COC(=O)[C@H]1C[C@H]1C. The minimum absolute atomic E-state index is 0.0837. The second kappa shape index (κ2) is 7.06. The van der Waals surface area contributed by atoms with Crippen molar-refractivity contribution in [1.29, 1.82) is 0 Å². The molecule has 0 bridgehead atoms. The van der Waals surface area contributed by atoms with Crippen LogP contribution in [0.3, 0.4) is 0 Å². The molecule has 0 aromatic heterocycles. The predicted molar refractivity (Wildman–Crippen MR) is 79.3 cm³/mol. The van der Waals surface area contributed by atoms with Crippen molar-refractivity contribution in [2.75, 3.05) is 18.5 Å². The second-order valence-electron chi connectivity index (χ2n) is 5.24. The quantitative estimate of drug-likeness (QED) is 0.813. The Bertz CT molecular complexity index is 584. The number of rotatable bonds is 6. The number of hydrogen-bond donors (Lipinski definition) is 1. The summed E-state index contributed by atoms with van der Waals surface area (Å²) in [5.74, 6) is -1.10. The van der Waals surface area contributed by atoms with E-state index in [9.17, 15) is 14.4 Å². The van der Waals surface area contributed by atoms with Gasteiger partial charge in [0.05, 0.1) is 23.8 Å². The summed E-state index contributed by atoms with van der Waals surface area (Å²) in [6.45, 7) is 3.55. The van der Waals surface area contributed by atoms with Crippen molar-refractivity contribution in [3.8, 4) is 0 Å². The van der Waals surface area contributed by atoms with Gasteiger partial charge in [0, 0.05) is 0 Å². The number of benzene rings is 1. The normalized spacial score (nSPS) is 19.2. The van der Waals surface area contributed by atoms with Crippen molar-refractivity contribution >= 4 is 23.5 Å². The molecule has 2 rings (SSSR count). The molecule has 0 saturated heterocycles. The summed E-state index contributed by atoms with van der Waals surface area (Å²) < 4.78 is 9.88. The average Bonchev–Trinajstić information content (AvgIpc) is 3.22. The van der Waals surface area contributed by atoms with E-state index in [4.69, 9.17) is 9.47 Å². The molecule has 1 N–H and O–H groups in total. The highest BCUT2D eigenvalue weighted by Crippen LogP contribution is 2.38. The molecular weight excluding hydrogens is 286 g/mol. The molecule has 0 heterocycles. The molecule has 1 saturated carbocycles. The van der Waals surface area contributed by atoms with Gasteiger partial charge < -0.3 is 14.8 Å². The topological polar surface area (TPSA) is 81.7 Å². The number of esters is 2. The third kappa shape index (κ3) is 4.07. The number of carbonyl (C=O) groups is 3. The van der Waals surface area contributed by atoms with E-state index in [0.717, 1.165) is 6.42 Å². The molecule has 0 radical (unpaired) electrons. The Balaban J connectivity index is 1.91. The fourth-order valence-corrected chi connectivity index (χ4v) is 2.06. The molecule has 1 fully saturated rings. The van der Waals surface area contributed by atoms with E-state index in [2.05, 4.69) is 5.32 Å². The van der Waals surface area contributed by atoms with Gasteiger partial charge >= 0.3 is 11.9 Å². The lowest BCUT2D eigenvalue weighted by molar-refractivity contribution is -0.148. The third-order valence-corrected chi connectivity index (χ3v) is 3.45. The molecular formula is C16H19NO5. The van der Waals surface area contributed by atoms with Gasteiger partial charge in [-0.25, -0.2) is 4.79 Å². The highest BCUT2D eigenvalue weighted by atomic mass is 16.5. The van der Waals surface area contributed by atoms with Crippen LogP contribution in [0.15, 0.2) is 24.3 Å². The zero-order chi connectivity index (χ0) is 16.1. The highest BCUT2D eigenvalue weighted by molar-refractivity contribution is 6.01. The maximum Gasteiger partial charge on any atom is 0.340 e. The van der Waals surface area contributed by atoms with Gasteiger partial charge in [-0.15, -0.1) is 0 Å². The number of nitrogens with one attached hydrogen (secondary N) is 1. The third-order valence-electron chi connectivity index (χ3n) is 3.45. The standard InChI is InChI=1S/C16H19NO5/c1-3-21-15(19)11-6-4-5-7-13(11)17-14(18)9-22-16(20)12-8-10(12)2/h4-7,10,12H,3,8-9H2,1-2H3,(H,17,18)/t10-,12+/m1/s1. The van der Waals surface area contributed by atoms with Crippen LogP contribution < -0.4 is 5.32 Å². The number of carbonyl (C=O) groups excluding carboxylic acids is 3. The fourth-order valence-electron chi connectivity index (χ4n) is 2.06. The Morgan fingerprint density at radius 2 is 1.91 bits per heavy atom. The molecule has 1 aromatic rings. The van der Waals surface area contributed by atoms with Gasteiger partial charge in [-0.3, -0.25) is 9.59 Å². The van der Waals surface area contributed by atoms with Gasteiger partial charge in [0.2, 0.25) is 0 Å². The summed E-state index contributed by atoms with van der Waals surface area (Å²) in [7, 11) is 0. The van der Waals surface area contributed by atoms with Gasteiger partial charge in [-0.1, -0.05) is 19.1 Å². The monoisotopic (exact) mass is 305 g/mol. The summed E-state index contributed by atoms with van der Waals surface area (Å²) >= 11 is 0. The van der Waals surface area contributed by atoms with Gasteiger partial charge in [0.15, 0.2) is 6.61 Å². The van der Waals surface area contributed by atoms with Crippen molar-refractivity contribution in [1.82, 2.24) is 0 Å². The van der Waals surface area contributed by atoms with Crippen LogP contribution in [0, 0.1) is 11.8 Å². The van der Waals surface area contributed by atoms with Crippen LogP contribution in [0.5, 0.6) is 0 Å². The Labute approximate surface area is 128 Å². The van der Waals surface area contributed by atoms with Crippen molar-refractivity contribution in [2.24, 2.45) is 11.8 Å². The summed E-state index contributed by atoms with van der Waals surface area (Å²) in [5, 5.41) is 2.56. The molecule has 1 amide bonds. The first-order valence-electron chi connectivity index (χ1n) is 7.25. The average molecular weight is 305 g/mol. The zero-order valence-corrected chi connectivity index (χ0v) is 12.6. The lowest BCUT2D eigenvalue weighted by Gasteiger charge is -2.10. The Morgan fingerprint density at radius 3 is 2.55 bits per heavy atom. The minimum Gasteiger partial charge on any atom is -0.462 e. The molecule has 118 valence electrons. The van der Waals surface area contributed by atoms with Crippen molar-refractivity contribution < 1.29 is 23.9 Å². The van der Waals surface area contributed by atoms with Crippen molar-refractivity contribution in [3.63, 3.8) is 0 Å². The molecule has 6 nitrogen and oxygen atoms in total. The molecule has 22 heavy (non-hydrogen) atoms. The second-order valence-corrected chi connectivity index (χ2v) is 5.24. The maximum absolute atomic E-state index is 11.8. The van der Waals surface area contributed by atoms with Crippen LogP contribution in [0.4, 0.5) is 5.69 Å². The predicted octanol–water partition coefficient (Wildman–Crippen LogP) is 2.00. The molecule has 1 aliphatic rings. The summed E-state index contributed by atoms with van der Waals surface area (Å²) in [6.07, 6.45) is 0.812. The van der Waals surface area contributed by atoms with Crippen molar-refractivity contribution in [3.05, 3.63) is 29.8 Å². The molecule has 1 aromatic carbocycles. The number of hydrogen-bond acceptors (Lipinski definition) is 5. The Kier molecular flexibility index (Phi) is 5.14. The van der Waals surface area contributed by atoms with E-state index in [1.54, 1.807) is 31.2 Å². The number of amides is 1. The van der Waals surface area contributed by atoms with Crippen LogP contribution in [-0.4, -0.2) is 31.1 Å². The van der Waals surface area contributed by atoms with Crippen LogP contribution >= 0.6 is 0 Å². The molecule has 1 aliphatic carbocycles. The number of ether oxygens (including phenoxy) is 2. The molecule has 6 heteroatoms. The first-order valence-corrected chi connectivity index (χ1v) is 7.25. The summed E-state index contributed by atoms with van der Waals surface area (Å²) in [5.41, 5.74) is 0.599. The van der Waals surface area contributed by atoms with E-state index in [-0.39, 0.29) is 30.7 Å². The summed E-state index contributed by atoms with van der Waals surface area (Å²) in [4.78, 5) is 35.2. The van der Waals surface area contributed by atoms with Crippen molar-refractivity contribution in [2.45, 2.75) is 20.3 Å². The molecule has 0 spiro atoms. The Morgan fingerprint density at radius 1 is 1.23 bits per heavy atom. The fraction of sp³-hybridized carbons (Fsp3) is 0.438. The van der Waals surface area contributed by atoms with Gasteiger partial charge in [-0.2, -0.15) is 0 Å². The number of para-hydroxylation sites is 1. The van der Waals surface area contributed by atoms with Gasteiger partial charge in [0.25, 0.3) is 5.91 Å². The van der Waals surface area contributed by atoms with Crippen LogP contribution in [-0.2, 0) is 19.1 Å². The molecule has 0 unspecified atom stereocenters. The maximum atomic E-state index is 11.8. The van der Waals surface area contributed by atoms with E-state index in [1.807, 2.05) is 6.92 Å². The first-order chi connectivity index (χ1) is 10.5. The molecule has 2 atom stereocenters. The summed E-state index contributed by atoms with van der Waals surface area (Å²) in [6, 6.07) is 6.52. The van der Waals surface area contributed by atoms with Crippen LogP contribution in [0.1, 0.15) is 30.6 Å². The van der Waals surface area contributed by atoms with E-state index < -0.39 is 11.9 Å². The molecule has 0 aliphatic heterocycles. The lowest BCUT2D eigenvalue weighted by atomic mass is 10.2. The van der Waals surface area contributed by atoms with Gasteiger partial charge in [-0.05, 0) is 31.4 Å². The minimum atomic E-state index is -0.512. The van der Waals surface area contributed by atoms with Crippen LogP contribution in [0.25, 0.3) is 0 Å². The number of anilines is 1. The smallest absolute Gasteiger partial charge is 0.340 e. The Hall–Kier alpha value is -2.37. The van der Waals surface area contributed by atoms with E-state index >= 15 is 0 Å². The highest BCUT2D eigenvalue weighted by Gasteiger charge is 2.40. The van der Waals surface area contributed by atoms with E-state index in [1.165, 1.54) is 0 Å². The van der Waals surface area contributed by atoms with Crippen LogP contribution in [0.2, 0.25) is 0 Å². The van der Waals surface area contributed by atoms with Gasteiger partial charge in [0.1, 0.15) is 0 Å². The zero-order valence-electron chi connectivity index (χ0n) is 12.6.